The number of carbonyl (C=O) groups excluding carboxylic acids is 1. The fourth-order valence-electron chi connectivity index (χ4n) is 2.16. The van der Waals surface area contributed by atoms with Crippen molar-refractivity contribution in [3.05, 3.63) is 32.8 Å². The molecule has 1 heterocycles. The zero-order valence-corrected chi connectivity index (χ0v) is 12.1. The molecule has 0 spiro atoms. The van der Waals surface area contributed by atoms with Crippen molar-refractivity contribution in [2.75, 3.05) is 18.9 Å². The van der Waals surface area contributed by atoms with Crippen LogP contribution in [0.3, 0.4) is 0 Å². The van der Waals surface area contributed by atoms with Crippen molar-refractivity contribution in [3.63, 3.8) is 0 Å². The summed E-state index contributed by atoms with van der Waals surface area (Å²) >= 11 is 5.82. The second-order valence-electron chi connectivity index (χ2n) is 4.85. The molecule has 1 aromatic rings. The summed E-state index contributed by atoms with van der Waals surface area (Å²) in [4.78, 5) is 22.2. The molecular formula is C13H16ClN3O4. The lowest BCUT2D eigenvalue weighted by Crippen LogP contribution is -2.35. The molecule has 1 fully saturated rings. The molecule has 0 aliphatic carbocycles. The van der Waals surface area contributed by atoms with Crippen molar-refractivity contribution in [1.29, 1.82) is 0 Å². The van der Waals surface area contributed by atoms with Gasteiger partial charge in [0.2, 0.25) is 0 Å². The minimum atomic E-state index is -0.664. The van der Waals surface area contributed by atoms with Crippen molar-refractivity contribution in [1.82, 2.24) is 5.32 Å². The zero-order chi connectivity index (χ0) is 15.4. The molecule has 3 N–H and O–H groups in total. The zero-order valence-electron chi connectivity index (χ0n) is 11.3. The Morgan fingerprint density at radius 3 is 2.90 bits per heavy atom. The monoisotopic (exact) mass is 313 g/mol. The maximum Gasteiger partial charge on any atom is 0.294 e. The number of hydrogen-bond donors (Lipinski definition) is 2. The van der Waals surface area contributed by atoms with Crippen LogP contribution in [0.15, 0.2) is 12.1 Å². The maximum absolute atomic E-state index is 12.0. The van der Waals surface area contributed by atoms with Crippen LogP contribution in [-0.2, 0) is 4.74 Å². The lowest BCUT2D eigenvalue weighted by Gasteiger charge is -2.22. The van der Waals surface area contributed by atoms with E-state index in [0.29, 0.717) is 13.2 Å². The van der Waals surface area contributed by atoms with Gasteiger partial charge < -0.3 is 15.8 Å². The van der Waals surface area contributed by atoms with Crippen molar-refractivity contribution in [3.8, 4) is 0 Å². The van der Waals surface area contributed by atoms with E-state index < -0.39 is 10.8 Å². The molecule has 0 saturated carbocycles. The molecule has 0 aromatic heterocycles. The fraction of sp³-hybridized carbons (Fsp3) is 0.462. The summed E-state index contributed by atoms with van der Waals surface area (Å²) in [5.74, 6) is -0.436. The van der Waals surface area contributed by atoms with Gasteiger partial charge in [-0.2, -0.15) is 0 Å². The molecule has 0 bridgehead atoms. The largest absolute Gasteiger partial charge is 0.392 e. The van der Waals surface area contributed by atoms with Gasteiger partial charge in [-0.3, -0.25) is 14.9 Å². The summed E-state index contributed by atoms with van der Waals surface area (Å²) < 4.78 is 5.50. The number of nitrogen functional groups attached to an aromatic ring is 1. The molecule has 1 aliphatic heterocycles. The Hall–Kier alpha value is -1.86. The van der Waals surface area contributed by atoms with Gasteiger partial charge in [-0.15, -0.1) is 0 Å². The number of nitrogens with one attached hydrogen (secondary N) is 1. The summed E-state index contributed by atoms with van der Waals surface area (Å²) in [7, 11) is 0. The molecule has 2 rings (SSSR count). The minimum Gasteiger partial charge on any atom is -0.392 e. The second kappa shape index (κ2) is 6.73. The topological polar surface area (TPSA) is 107 Å². The number of hydrogen-bond acceptors (Lipinski definition) is 5. The van der Waals surface area contributed by atoms with E-state index in [0.717, 1.165) is 25.3 Å². The van der Waals surface area contributed by atoms with E-state index >= 15 is 0 Å². The van der Waals surface area contributed by atoms with E-state index in [2.05, 4.69) is 5.32 Å². The first kappa shape index (κ1) is 15.5. The third-order valence-electron chi connectivity index (χ3n) is 3.33. The van der Waals surface area contributed by atoms with Crippen molar-refractivity contribution >= 4 is 28.9 Å². The lowest BCUT2D eigenvalue weighted by atomic mass is 10.1. The second-order valence-corrected chi connectivity index (χ2v) is 5.25. The summed E-state index contributed by atoms with van der Waals surface area (Å²) in [5, 5.41) is 13.6. The molecule has 1 atom stereocenters. The average Bonchev–Trinajstić information content (AvgIpc) is 2.48. The first-order valence-electron chi connectivity index (χ1n) is 6.62. The van der Waals surface area contributed by atoms with Gasteiger partial charge in [0.05, 0.1) is 16.0 Å². The molecule has 1 amide bonds. The van der Waals surface area contributed by atoms with Gasteiger partial charge >= 0.3 is 0 Å². The fourth-order valence-corrected chi connectivity index (χ4v) is 2.38. The highest BCUT2D eigenvalue weighted by molar-refractivity contribution is 6.34. The molecule has 21 heavy (non-hydrogen) atoms. The van der Waals surface area contributed by atoms with E-state index in [9.17, 15) is 14.9 Å². The van der Waals surface area contributed by atoms with Crippen LogP contribution in [0.2, 0.25) is 5.02 Å². The third kappa shape index (κ3) is 3.83. The third-order valence-corrected chi connectivity index (χ3v) is 3.64. The minimum absolute atomic E-state index is 0.0109. The highest BCUT2D eigenvalue weighted by atomic mass is 35.5. The lowest BCUT2D eigenvalue weighted by molar-refractivity contribution is -0.383. The van der Waals surface area contributed by atoms with Crippen molar-refractivity contribution in [2.45, 2.75) is 25.4 Å². The summed E-state index contributed by atoms with van der Waals surface area (Å²) in [6, 6.07) is 2.44. The van der Waals surface area contributed by atoms with Crippen molar-refractivity contribution < 1.29 is 14.5 Å². The van der Waals surface area contributed by atoms with Gasteiger partial charge in [0, 0.05) is 24.8 Å². The quantitative estimate of drug-likeness (QED) is 0.503. The number of nitrogens with zero attached hydrogens (tertiary/aromatic N) is 1. The van der Waals surface area contributed by atoms with Gasteiger partial charge in [0.15, 0.2) is 0 Å². The molecular weight excluding hydrogens is 298 g/mol. The molecule has 1 aromatic carbocycles. The first-order chi connectivity index (χ1) is 9.99. The summed E-state index contributed by atoms with van der Waals surface area (Å²) in [6.45, 7) is 1.06. The van der Waals surface area contributed by atoms with E-state index in [-0.39, 0.29) is 28.1 Å². The van der Waals surface area contributed by atoms with Crippen LogP contribution in [0.4, 0.5) is 11.4 Å². The number of halogens is 1. The first-order valence-corrected chi connectivity index (χ1v) is 7.00. The Morgan fingerprint density at radius 2 is 2.29 bits per heavy atom. The van der Waals surface area contributed by atoms with E-state index in [1.165, 1.54) is 6.07 Å². The standard InChI is InChI=1S/C13H16ClN3O4/c14-10-5-8(6-11(12(10)15)17(19)20)13(18)16-7-9-3-1-2-4-21-9/h5-6,9H,1-4,7,15H2,(H,16,18). The van der Waals surface area contributed by atoms with Gasteiger partial charge in [0.1, 0.15) is 5.69 Å². The number of nitro groups is 1. The number of amides is 1. The smallest absolute Gasteiger partial charge is 0.294 e. The molecule has 8 heteroatoms. The molecule has 1 unspecified atom stereocenters. The number of rotatable bonds is 4. The van der Waals surface area contributed by atoms with Crippen LogP contribution in [0.25, 0.3) is 0 Å². The number of carbonyl (C=O) groups is 1. The molecule has 7 nitrogen and oxygen atoms in total. The SMILES string of the molecule is Nc1c(Cl)cc(C(=O)NCC2CCCCO2)cc1[N+](=O)[O-]. The van der Waals surface area contributed by atoms with Crippen molar-refractivity contribution in [2.24, 2.45) is 0 Å². The summed E-state index contributed by atoms with van der Waals surface area (Å²) in [6.07, 6.45) is 2.98. The van der Waals surface area contributed by atoms with Crippen LogP contribution in [0.5, 0.6) is 0 Å². The average molecular weight is 314 g/mol. The van der Waals surface area contributed by atoms with Crippen LogP contribution < -0.4 is 11.1 Å². The van der Waals surface area contributed by atoms with Gasteiger partial charge in [-0.25, -0.2) is 0 Å². The summed E-state index contributed by atoms with van der Waals surface area (Å²) in [5.41, 5.74) is 5.11. The number of benzene rings is 1. The van der Waals surface area contributed by atoms with Crippen LogP contribution >= 0.6 is 11.6 Å². The van der Waals surface area contributed by atoms with Gasteiger partial charge in [-0.1, -0.05) is 11.6 Å². The Labute approximate surface area is 126 Å². The number of nitrogens with two attached hydrogens (primary N) is 1. The number of ether oxygens (including phenoxy) is 1. The van der Waals surface area contributed by atoms with Gasteiger partial charge in [-0.05, 0) is 25.3 Å². The van der Waals surface area contributed by atoms with E-state index in [1.54, 1.807) is 0 Å². The Balaban J connectivity index is 2.06. The molecule has 0 radical (unpaired) electrons. The molecule has 1 aliphatic rings. The van der Waals surface area contributed by atoms with E-state index in [1.807, 2.05) is 0 Å². The highest BCUT2D eigenvalue weighted by Crippen LogP contribution is 2.30. The Morgan fingerprint density at radius 1 is 1.52 bits per heavy atom. The maximum atomic E-state index is 12.0. The van der Waals surface area contributed by atoms with Crippen LogP contribution in [-0.4, -0.2) is 30.1 Å². The van der Waals surface area contributed by atoms with Crippen LogP contribution in [0, 0.1) is 10.1 Å². The molecule has 114 valence electrons. The predicted octanol–water partition coefficient (Wildman–Crippen LogP) is 2.13. The Bertz CT molecular complexity index is 559. The normalized spacial score (nSPS) is 18.2. The van der Waals surface area contributed by atoms with E-state index in [4.69, 9.17) is 22.1 Å². The molecule has 1 saturated heterocycles. The number of anilines is 1. The predicted molar refractivity (Wildman–Crippen MR) is 78.4 cm³/mol. The van der Waals surface area contributed by atoms with Crippen LogP contribution in [0.1, 0.15) is 29.6 Å². The Kier molecular flexibility index (Phi) is 4.98. The van der Waals surface area contributed by atoms with Gasteiger partial charge in [0.25, 0.3) is 11.6 Å². The highest BCUT2D eigenvalue weighted by Gasteiger charge is 2.20. The number of nitro benzene ring substituents is 1.